The van der Waals surface area contributed by atoms with E-state index in [2.05, 4.69) is 20.9 Å². The van der Waals surface area contributed by atoms with Crippen LogP contribution in [-0.4, -0.2) is 76.4 Å². The number of hydrogen-bond acceptors (Lipinski definition) is 7. The number of carboxylic acid groups (broad SMARTS) is 1. The molecule has 9 N–H and O–H groups in total. The van der Waals surface area contributed by atoms with E-state index in [-0.39, 0.29) is 32.2 Å². The van der Waals surface area contributed by atoms with Crippen LogP contribution in [0, 0.1) is 0 Å². The number of primary amides is 1. The maximum absolute atomic E-state index is 13.2. The van der Waals surface area contributed by atoms with E-state index in [9.17, 15) is 29.1 Å². The number of carbonyl (C=O) groups is 5. The van der Waals surface area contributed by atoms with Gasteiger partial charge in [-0.1, -0.05) is 18.2 Å². The molecule has 0 saturated carbocycles. The monoisotopic (exact) mass is 520 g/mol. The highest BCUT2D eigenvalue weighted by Gasteiger charge is 2.30. The van der Waals surface area contributed by atoms with Crippen LogP contribution in [0.4, 0.5) is 0 Å². The van der Waals surface area contributed by atoms with Gasteiger partial charge in [-0.2, -0.15) is 11.8 Å². The Labute approximate surface area is 212 Å². The van der Waals surface area contributed by atoms with Crippen LogP contribution in [0.3, 0.4) is 0 Å². The highest BCUT2D eigenvalue weighted by atomic mass is 32.2. The lowest BCUT2D eigenvalue weighted by atomic mass is 10.0. The number of nitrogens with two attached hydrogens (primary N) is 2. The van der Waals surface area contributed by atoms with Crippen molar-refractivity contribution in [3.8, 4) is 0 Å². The van der Waals surface area contributed by atoms with Crippen LogP contribution in [-0.2, 0) is 30.4 Å². The summed E-state index contributed by atoms with van der Waals surface area (Å²) in [7, 11) is 0. The Balaban J connectivity index is 2.20. The fourth-order valence-corrected chi connectivity index (χ4v) is 4.05. The molecule has 36 heavy (non-hydrogen) atoms. The molecule has 196 valence electrons. The Morgan fingerprint density at radius 3 is 2.31 bits per heavy atom. The van der Waals surface area contributed by atoms with Crippen molar-refractivity contribution >= 4 is 52.3 Å². The number of aromatic amines is 1. The van der Waals surface area contributed by atoms with Gasteiger partial charge in [0, 0.05) is 29.9 Å². The van der Waals surface area contributed by atoms with Crippen LogP contribution in [0.2, 0.25) is 0 Å². The number of rotatable bonds is 15. The lowest BCUT2D eigenvalue weighted by molar-refractivity contribution is -0.142. The number of carboxylic acids is 1. The van der Waals surface area contributed by atoms with Gasteiger partial charge in [0.05, 0.1) is 6.54 Å². The van der Waals surface area contributed by atoms with Crippen LogP contribution in [0.25, 0.3) is 10.9 Å². The van der Waals surface area contributed by atoms with Crippen molar-refractivity contribution in [3.05, 3.63) is 36.0 Å². The van der Waals surface area contributed by atoms with Gasteiger partial charge in [-0.25, -0.2) is 4.79 Å². The van der Waals surface area contributed by atoms with Crippen LogP contribution in [0.1, 0.15) is 24.8 Å². The first kappa shape index (κ1) is 28.7. The van der Waals surface area contributed by atoms with Gasteiger partial charge >= 0.3 is 5.97 Å². The fraction of sp³-hybridized carbons (Fsp3) is 0.435. The van der Waals surface area contributed by atoms with Gasteiger partial charge in [0.25, 0.3) is 0 Å². The molecular formula is C23H32N6O6S. The van der Waals surface area contributed by atoms with Crippen molar-refractivity contribution in [2.24, 2.45) is 11.5 Å². The average Bonchev–Trinajstić information content (AvgIpc) is 3.25. The van der Waals surface area contributed by atoms with E-state index in [0.717, 1.165) is 16.5 Å². The first-order valence-electron chi connectivity index (χ1n) is 11.3. The molecule has 0 aliphatic rings. The number of thioether (sulfide) groups is 1. The third-order valence-electron chi connectivity index (χ3n) is 5.47. The lowest BCUT2D eigenvalue weighted by Gasteiger charge is -2.24. The van der Waals surface area contributed by atoms with E-state index in [0.29, 0.717) is 5.75 Å². The van der Waals surface area contributed by atoms with E-state index >= 15 is 0 Å². The zero-order chi connectivity index (χ0) is 26.7. The van der Waals surface area contributed by atoms with Gasteiger partial charge in [-0.05, 0) is 36.5 Å². The Morgan fingerprint density at radius 2 is 1.67 bits per heavy atom. The topological polar surface area (TPSA) is 210 Å². The van der Waals surface area contributed by atoms with E-state index < -0.39 is 47.7 Å². The Morgan fingerprint density at radius 1 is 1.00 bits per heavy atom. The average molecular weight is 521 g/mol. The second kappa shape index (κ2) is 14.1. The lowest BCUT2D eigenvalue weighted by Crippen LogP contribution is -2.56. The third kappa shape index (κ3) is 8.57. The van der Waals surface area contributed by atoms with Crippen molar-refractivity contribution in [1.82, 2.24) is 20.9 Å². The summed E-state index contributed by atoms with van der Waals surface area (Å²) in [6, 6.07) is 4.03. The number of nitrogens with one attached hydrogen (secondary N) is 4. The molecule has 3 unspecified atom stereocenters. The number of aromatic nitrogens is 1. The Bertz CT molecular complexity index is 1090. The molecule has 0 saturated heterocycles. The minimum absolute atomic E-state index is 0.134. The molecule has 12 nitrogen and oxygen atoms in total. The molecule has 1 aromatic carbocycles. The number of hydrogen-bond donors (Lipinski definition) is 7. The molecule has 0 radical (unpaired) electrons. The Kier molecular flexibility index (Phi) is 11.2. The second-order valence-electron chi connectivity index (χ2n) is 8.13. The van der Waals surface area contributed by atoms with Gasteiger partial charge in [-0.3, -0.25) is 19.2 Å². The van der Waals surface area contributed by atoms with Crippen LogP contribution in [0.15, 0.2) is 30.5 Å². The van der Waals surface area contributed by atoms with Crippen molar-refractivity contribution in [2.45, 2.75) is 43.8 Å². The normalized spacial score (nSPS) is 13.4. The number of para-hydroxylation sites is 1. The van der Waals surface area contributed by atoms with Crippen molar-refractivity contribution in [1.29, 1.82) is 0 Å². The van der Waals surface area contributed by atoms with Gasteiger partial charge in [-0.15, -0.1) is 0 Å². The SMILES string of the molecule is CSCCC(NC(=O)C(Cc1c[nH]c2ccccc12)NC(=O)CN)C(=O)NC(CCC(N)=O)C(=O)O. The van der Waals surface area contributed by atoms with E-state index in [1.54, 1.807) is 6.20 Å². The molecule has 4 amide bonds. The number of H-pyrrole nitrogens is 1. The third-order valence-corrected chi connectivity index (χ3v) is 6.12. The van der Waals surface area contributed by atoms with Crippen LogP contribution < -0.4 is 27.4 Å². The molecular weight excluding hydrogens is 488 g/mol. The largest absolute Gasteiger partial charge is 0.480 e. The summed E-state index contributed by atoms with van der Waals surface area (Å²) in [6.45, 7) is -0.325. The summed E-state index contributed by atoms with van der Waals surface area (Å²) in [4.78, 5) is 63.9. The second-order valence-corrected chi connectivity index (χ2v) is 9.12. The fourth-order valence-electron chi connectivity index (χ4n) is 3.58. The summed E-state index contributed by atoms with van der Waals surface area (Å²) >= 11 is 1.44. The zero-order valence-electron chi connectivity index (χ0n) is 19.9. The zero-order valence-corrected chi connectivity index (χ0v) is 20.7. The molecule has 1 heterocycles. The van der Waals surface area contributed by atoms with Gasteiger partial charge in [0.15, 0.2) is 0 Å². The minimum Gasteiger partial charge on any atom is -0.480 e. The highest BCUT2D eigenvalue weighted by molar-refractivity contribution is 7.98. The predicted octanol–water partition coefficient (Wildman–Crippen LogP) is -0.773. The maximum atomic E-state index is 13.2. The molecule has 0 spiro atoms. The van der Waals surface area contributed by atoms with Crippen LogP contribution >= 0.6 is 11.8 Å². The Hall–Kier alpha value is -3.58. The summed E-state index contributed by atoms with van der Waals surface area (Å²) in [5, 5.41) is 17.9. The van der Waals surface area contributed by atoms with E-state index in [4.69, 9.17) is 11.5 Å². The first-order chi connectivity index (χ1) is 17.2. The summed E-state index contributed by atoms with van der Waals surface area (Å²) < 4.78 is 0. The van der Waals surface area contributed by atoms with Gasteiger partial charge < -0.3 is 37.5 Å². The molecule has 2 rings (SSSR count). The number of carbonyl (C=O) groups excluding carboxylic acids is 4. The number of benzene rings is 1. The summed E-state index contributed by atoms with van der Waals surface area (Å²) in [5.41, 5.74) is 12.2. The molecule has 2 aromatic rings. The first-order valence-corrected chi connectivity index (χ1v) is 12.7. The quantitative estimate of drug-likeness (QED) is 0.158. The molecule has 3 atom stereocenters. The van der Waals surface area contributed by atoms with E-state index in [1.807, 2.05) is 30.5 Å². The maximum Gasteiger partial charge on any atom is 0.326 e. The number of fused-ring (bicyclic) bond motifs is 1. The standard InChI is InChI=1S/C23H32N6O6S/c1-36-9-8-16(21(32)29-17(23(34)35)6-7-19(25)30)28-22(33)18(27-20(31)11-24)10-13-12-26-15-5-3-2-4-14(13)15/h2-5,12,16-18,26H,6-11,24H2,1H3,(H2,25,30)(H,27,31)(H,28,33)(H,29,32)(H,34,35). The highest BCUT2D eigenvalue weighted by Crippen LogP contribution is 2.19. The van der Waals surface area contributed by atoms with Crippen molar-refractivity contribution in [2.75, 3.05) is 18.6 Å². The van der Waals surface area contributed by atoms with Crippen molar-refractivity contribution < 1.29 is 29.1 Å². The van der Waals surface area contributed by atoms with Crippen LogP contribution in [0.5, 0.6) is 0 Å². The summed E-state index contributed by atoms with van der Waals surface area (Å²) in [6.07, 6.45) is 3.51. The van der Waals surface area contributed by atoms with Gasteiger partial charge in [0.1, 0.15) is 18.1 Å². The van der Waals surface area contributed by atoms with Gasteiger partial charge in [0.2, 0.25) is 23.6 Å². The number of aliphatic carboxylic acids is 1. The predicted molar refractivity (Wildman–Crippen MR) is 136 cm³/mol. The molecule has 0 bridgehead atoms. The molecule has 0 aliphatic carbocycles. The number of amides is 4. The van der Waals surface area contributed by atoms with E-state index in [1.165, 1.54) is 11.8 Å². The minimum atomic E-state index is -1.35. The smallest absolute Gasteiger partial charge is 0.326 e. The molecule has 1 aromatic heterocycles. The molecule has 0 fully saturated rings. The molecule has 13 heteroatoms. The summed E-state index contributed by atoms with van der Waals surface area (Å²) in [5.74, 6) is -3.40. The van der Waals surface area contributed by atoms with Crippen molar-refractivity contribution in [3.63, 3.8) is 0 Å². The molecule has 0 aliphatic heterocycles.